The first kappa shape index (κ1) is 24.5. The van der Waals surface area contributed by atoms with Crippen LogP contribution in [0.1, 0.15) is 32.3 Å². The molecule has 3 amide bonds. The molecule has 1 fully saturated rings. The highest BCUT2D eigenvalue weighted by Crippen LogP contribution is 2.23. The molecule has 0 unspecified atom stereocenters. The van der Waals surface area contributed by atoms with Crippen LogP contribution in [0.3, 0.4) is 0 Å². The normalized spacial score (nSPS) is 19.8. The van der Waals surface area contributed by atoms with Crippen molar-refractivity contribution in [1.29, 1.82) is 0 Å². The summed E-state index contributed by atoms with van der Waals surface area (Å²) >= 11 is 0. The molecule has 0 aliphatic carbocycles. The number of carbonyl (C=O) groups is 3. The zero-order chi connectivity index (χ0) is 24.2. The molecule has 2 heterocycles. The molecule has 0 saturated carbocycles. The number of alkyl halides is 3. The quantitative estimate of drug-likeness (QED) is 0.684. The van der Waals surface area contributed by atoms with Gasteiger partial charge in [0.25, 0.3) is 5.91 Å². The number of benzene rings is 1. The molecule has 1 N–H and O–H groups in total. The van der Waals surface area contributed by atoms with Crippen molar-refractivity contribution in [3.8, 4) is 5.75 Å². The van der Waals surface area contributed by atoms with Gasteiger partial charge in [0, 0.05) is 32.0 Å². The fraction of sp³-hybridized carbons (Fsp3) is 0.524. The third kappa shape index (κ3) is 6.91. The second-order valence-electron chi connectivity index (χ2n) is 8.04. The van der Waals surface area contributed by atoms with Crippen molar-refractivity contribution in [1.82, 2.24) is 15.2 Å². The van der Waals surface area contributed by atoms with E-state index in [1.165, 1.54) is 29.2 Å². The van der Waals surface area contributed by atoms with Crippen molar-refractivity contribution >= 4 is 23.4 Å². The zero-order valence-electron chi connectivity index (χ0n) is 18.2. The molecule has 2 aliphatic heterocycles. The van der Waals surface area contributed by atoms with Gasteiger partial charge in [-0.05, 0) is 31.5 Å². The van der Waals surface area contributed by atoms with Gasteiger partial charge in [0.2, 0.25) is 11.8 Å². The molecule has 0 spiro atoms. The van der Waals surface area contributed by atoms with Crippen LogP contribution in [0.4, 0.5) is 13.2 Å². The smallest absolute Gasteiger partial charge is 0.406 e. The van der Waals surface area contributed by atoms with Crippen LogP contribution in [0.2, 0.25) is 0 Å². The lowest BCUT2D eigenvalue weighted by atomic mass is 10.1. The second-order valence-corrected chi connectivity index (χ2v) is 8.04. The molecule has 1 aromatic rings. The van der Waals surface area contributed by atoms with Crippen LogP contribution < -0.4 is 10.2 Å². The molecule has 1 saturated heterocycles. The van der Waals surface area contributed by atoms with E-state index < -0.39 is 18.4 Å². The lowest BCUT2D eigenvalue weighted by molar-refractivity contribution is -0.274. The van der Waals surface area contributed by atoms with E-state index >= 15 is 0 Å². The van der Waals surface area contributed by atoms with Gasteiger partial charge in [-0.15, -0.1) is 13.2 Å². The third-order valence-electron chi connectivity index (χ3n) is 5.18. The maximum absolute atomic E-state index is 12.9. The summed E-state index contributed by atoms with van der Waals surface area (Å²) in [5.74, 6) is -1.30. The van der Waals surface area contributed by atoms with Crippen molar-refractivity contribution < 1.29 is 37.0 Å². The highest BCUT2D eigenvalue weighted by molar-refractivity contribution is 6.39. The predicted octanol–water partition coefficient (Wildman–Crippen LogP) is 1.82. The fourth-order valence-corrected chi connectivity index (χ4v) is 3.51. The maximum Gasteiger partial charge on any atom is 0.573 e. The van der Waals surface area contributed by atoms with E-state index in [-0.39, 0.29) is 68.4 Å². The molecule has 9 nitrogen and oxygen atoms in total. The monoisotopic (exact) mass is 470 g/mol. The number of nitrogens with one attached hydrogen (secondary N) is 1. The number of hydrogen-bond acceptors (Lipinski definition) is 6. The highest BCUT2D eigenvalue weighted by Gasteiger charge is 2.34. The minimum atomic E-state index is -4.77. The van der Waals surface area contributed by atoms with Gasteiger partial charge in [0.05, 0.1) is 12.7 Å². The summed E-state index contributed by atoms with van der Waals surface area (Å²) < 4.78 is 46.8. The fourth-order valence-electron chi connectivity index (χ4n) is 3.51. The molecule has 180 valence electrons. The van der Waals surface area contributed by atoms with Gasteiger partial charge in [-0.1, -0.05) is 12.1 Å². The molecule has 33 heavy (non-hydrogen) atoms. The van der Waals surface area contributed by atoms with Crippen LogP contribution in [0.15, 0.2) is 29.4 Å². The SMILES string of the molecule is CC(C)N1C[C@@H](OCc2ccc(OC(F)(F)F)cc2)CN(C(=O)C2=NNC(=O)CC2)CC1=O. The summed E-state index contributed by atoms with van der Waals surface area (Å²) in [5, 5.41) is 3.82. The minimum absolute atomic E-state index is 0.0656. The van der Waals surface area contributed by atoms with Gasteiger partial charge in [-0.2, -0.15) is 5.10 Å². The van der Waals surface area contributed by atoms with Crippen molar-refractivity contribution in [3.05, 3.63) is 29.8 Å². The first-order valence-electron chi connectivity index (χ1n) is 10.4. The molecular formula is C21H25F3N4O5. The predicted molar refractivity (Wildman–Crippen MR) is 110 cm³/mol. The minimum Gasteiger partial charge on any atom is -0.406 e. The van der Waals surface area contributed by atoms with Crippen LogP contribution in [-0.4, -0.2) is 71.4 Å². The first-order valence-corrected chi connectivity index (χ1v) is 10.4. The molecule has 1 atom stereocenters. The van der Waals surface area contributed by atoms with Crippen molar-refractivity contribution in [2.75, 3.05) is 19.6 Å². The molecule has 1 aromatic carbocycles. The van der Waals surface area contributed by atoms with Gasteiger partial charge in [0.1, 0.15) is 18.0 Å². The van der Waals surface area contributed by atoms with Gasteiger partial charge >= 0.3 is 6.36 Å². The van der Waals surface area contributed by atoms with Crippen LogP contribution in [0.5, 0.6) is 5.75 Å². The van der Waals surface area contributed by atoms with E-state index in [1.807, 2.05) is 13.8 Å². The molecule has 0 bridgehead atoms. The molecule has 12 heteroatoms. The topological polar surface area (TPSA) is 101 Å². The van der Waals surface area contributed by atoms with Crippen LogP contribution >= 0.6 is 0 Å². The summed E-state index contributed by atoms with van der Waals surface area (Å²) in [7, 11) is 0. The number of amides is 3. The number of ether oxygens (including phenoxy) is 2. The first-order chi connectivity index (χ1) is 15.5. The molecule has 2 aliphatic rings. The van der Waals surface area contributed by atoms with Crippen molar-refractivity contribution in [2.45, 2.75) is 51.8 Å². The van der Waals surface area contributed by atoms with Crippen molar-refractivity contribution in [2.24, 2.45) is 5.10 Å². The van der Waals surface area contributed by atoms with E-state index in [2.05, 4.69) is 15.3 Å². The Hall–Kier alpha value is -3.15. The average Bonchev–Trinajstić information content (AvgIpc) is 2.91. The number of hydrogen-bond donors (Lipinski definition) is 1. The summed E-state index contributed by atoms with van der Waals surface area (Å²) in [6.45, 7) is 4.00. The molecule has 0 radical (unpaired) electrons. The number of nitrogens with zero attached hydrogens (tertiary/aromatic N) is 3. The van der Waals surface area contributed by atoms with Gasteiger partial charge in [-0.25, -0.2) is 5.43 Å². The van der Waals surface area contributed by atoms with Gasteiger partial charge in [-0.3, -0.25) is 14.4 Å². The largest absolute Gasteiger partial charge is 0.573 e. The summed E-state index contributed by atoms with van der Waals surface area (Å²) in [6, 6.07) is 5.16. The maximum atomic E-state index is 12.9. The lowest BCUT2D eigenvalue weighted by Gasteiger charge is -2.27. The summed E-state index contributed by atoms with van der Waals surface area (Å²) in [6.07, 6.45) is -4.99. The molecule has 3 rings (SSSR count). The standard InChI is InChI=1S/C21H25F3N4O5/c1-13(2)28-10-16(32-12-14-3-5-15(6-4-14)33-21(22,23)24)9-27(11-19(28)30)20(31)17-7-8-18(29)26-25-17/h3-6,13,16H,7-12H2,1-2H3,(H,26,29)/t16-/m0/s1. The highest BCUT2D eigenvalue weighted by atomic mass is 19.4. The molecule has 0 aromatic heterocycles. The summed E-state index contributed by atoms with van der Waals surface area (Å²) in [4.78, 5) is 39.9. The molecular weight excluding hydrogens is 445 g/mol. The van der Waals surface area contributed by atoms with E-state index in [4.69, 9.17) is 4.74 Å². The Kier molecular flexibility index (Phi) is 7.57. The lowest BCUT2D eigenvalue weighted by Crippen LogP contribution is -2.45. The Bertz CT molecular complexity index is 917. The Morgan fingerprint density at radius 1 is 1.18 bits per heavy atom. The van der Waals surface area contributed by atoms with E-state index in [0.717, 1.165) is 0 Å². The Balaban J connectivity index is 1.69. The van der Waals surface area contributed by atoms with Gasteiger partial charge in [0.15, 0.2) is 0 Å². The Morgan fingerprint density at radius 3 is 2.45 bits per heavy atom. The van der Waals surface area contributed by atoms with Crippen LogP contribution in [0.25, 0.3) is 0 Å². The van der Waals surface area contributed by atoms with Gasteiger partial charge < -0.3 is 19.3 Å². The van der Waals surface area contributed by atoms with E-state index in [9.17, 15) is 27.6 Å². The number of hydrazone groups is 1. The number of rotatable bonds is 6. The average molecular weight is 470 g/mol. The zero-order valence-corrected chi connectivity index (χ0v) is 18.2. The van der Waals surface area contributed by atoms with Crippen LogP contribution in [-0.2, 0) is 25.7 Å². The summed E-state index contributed by atoms with van der Waals surface area (Å²) in [5.41, 5.74) is 3.05. The Labute approximate surface area is 188 Å². The van der Waals surface area contributed by atoms with Crippen molar-refractivity contribution in [3.63, 3.8) is 0 Å². The number of halogens is 3. The second kappa shape index (κ2) is 10.2. The van der Waals surface area contributed by atoms with Crippen LogP contribution in [0, 0.1) is 0 Å². The third-order valence-corrected chi connectivity index (χ3v) is 5.18. The number of carbonyl (C=O) groups excluding carboxylic acids is 3. The van der Waals surface area contributed by atoms with E-state index in [1.54, 1.807) is 4.90 Å². The van der Waals surface area contributed by atoms with E-state index in [0.29, 0.717) is 5.56 Å². The Morgan fingerprint density at radius 2 is 1.88 bits per heavy atom.